The summed E-state index contributed by atoms with van der Waals surface area (Å²) in [5.41, 5.74) is -6.32. The van der Waals surface area contributed by atoms with Crippen molar-refractivity contribution < 1.29 is 61.6 Å². The molecule has 0 heterocycles. The van der Waals surface area contributed by atoms with Gasteiger partial charge in [0.1, 0.15) is 0 Å². The van der Waals surface area contributed by atoms with Gasteiger partial charge in [0.05, 0.1) is 0 Å². The molecule has 0 aliphatic heterocycles. The van der Waals surface area contributed by atoms with Crippen molar-refractivity contribution in [3.05, 3.63) is 0 Å². The molecule has 0 radical (unpaired) electrons. The summed E-state index contributed by atoms with van der Waals surface area (Å²) in [5.74, 6) is -22.2. The van der Waals surface area contributed by atoms with Crippen LogP contribution in [0.25, 0.3) is 0 Å². The van der Waals surface area contributed by atoms with E-state index in [1.54, 1.807) is 0 Å². The fourth-order valence-electron chi connectivity index (χ4n) is 1.40. The minimum absolute atomic E-state index is 0.239. The molecule has 0 N–H and O–H groups in total. The van der Waals surface area contributed by atoms with Gasteiger partial charge in [0.25, 0.3) is 0 Å². The van der Waals surface area contributed by atoms with Gasteiger partial charge in [-0.15, -0.1) is 0 Å². The second-order valence-corrected chi connectivity index (χ2v) is 6.93. The van der Waals surface area contributed by atoms with Crippen molar-refractivity contribution in [2.45, 2.75) is 29.5 Å². The molecule has 0 saturated carbocycles. The van der Waals surface area contributed by atoms with E-state index in [1.165, 1.54) is 0 Å². The normalized spacial score (nSPS) is 15.9. The van der Waals surface area contributed by atoms with E-state index in [2.05, 4.69) is 13.3 Å². The van der Waals surface area contributed by atoms with E-state index < -0.39 is 38.3 Å². The average molecular weight is 390 g/mol. The molecule has 140 valence electrons. The third-order valence-electron chi connectivity index (χ3n) is 2.73. The predicted molar refractivity (Wildman–Crippen MR) is 52.6 cm³/mol. The fourth-order valence-corrected chi connectivity index (χ4v) is 3.21. The summed E-state index contributed by atoms with van der Waals surface area (Å²) < 4.78 is 153. The molecule has 23 heavy (non-hydrogen) atoms. The maximum absolute atomic E-state index is 13.7. The van der Waals surface area contributed by atoms with Gasteiger partial charge in [0, 0.05) is 21.3 Å². The quantitative estimate of drug-likeness (QED) is 0.492. The molecule has 0 spiro atoms. The fraction of sp³-hybridized carbons (Fsp3) is 1.00. The first-order chi connectivity index (χ1) is 9.93. The number of rotatable bonds is 7. The largest absolute Gasteiger partial charge is 0.581 e. The van der Waals surface area contributed by atoms with Crippen LogP contribution in [0.1, 0.15) is 0 Å². The summed E-state index contributed by atoms with van der Waals surface area (Å²) in [7, 11) is -5.37. The van der Waals surface area contributed by atoms with Gasteiger partial charge < -0.3 is 13.3 Å². The van der Waals surface area contributed by atoms with E-state index in [-0.39, 0.29) is 21.3 Å². The molecular weight excluding hydrogens is 381 g/mol. The van der Waals surface area contributed by atoms with Crippen molar-refractivity contribution >= 4 is 8.80 Å². The van der Waals surface area contributed by atoms with Gasteiger partial charge in [-0.2, -0.15) is 48.3 Å². The number of alkyl halides is 11. The van der Waals surface area contributed by atoms with E-state index >= 15 is 0 Å². The lowest BCUT2D eigenvalue weighted by Crippen LogP contribution is -2.75. The molecule has 0 aromatic rings. The lowest BCUT2D eigenvalue weighted by Gasteiger charge is -2.41. The van der Waals surface area contributed by atoms with Crippen molar-refractivity contribution in [1.82, 2.24) is 0 Å². The molecule has 3 nitrogen and oxygen atoms in total. The van der Waals surface area contributed by atoms with Crippen LogP contribution in [0.5, 0.6) is 0 Å². The van der Waals surface area contributed by atoms with Crippen molar-refractivity contribution in [2.75, 3.05) is 21.3 Å². The zero-order valence-electron chi connectivity index (χ0n) is 11.4. The van der Waals surface area contributed by atoms with Crippen molar-refractivity contribution in [3.63, 3.8) is 0 Å². The molecule has 0 rings (SSSR count). The average Bonchev–Trinajstić information content (AvgIpc) is 2.39. The molecule has 15 heteroatoms. The van der Waals surface area contributed by atoms with Gasteiger partial charge in [0.15, 0.2) is 0 Å². The zero-order chi connectivity index (χ0) is 19.1. The summed E-state index contributed by atoms with van der Waals surface area (Å²) in [6, 6.07) is 0. The molecule has 0 aromatic carbocycles. The molecule has 0 fully saturated rings. The molecular formula is C8H9F11O3Si. The SMILES string of the molecule is CO[Si](OC)(OC)C(F)(F)C(F)(F)C(F)(F)C(F)(F)C(F)(F)F. The van der Waals surface area contributed by atoms with Crippen LogP contribution in [0.4, 0.5) is 48.3 Å². The molecule has 0 amide bonds. The van der Waals surface area contributed by atoms with Crippen molar-refractivity contribution in [1.29, 1.82) is 0 Å². The highest BCUT2D eigenvalue weighted by atomic mass is 28.4. The van der Waals surface area contributed by atoms with Crippen LogP contribution < -0.4 is 0 Å². The van der Waals surface area contributed by atoms with Crippen LogP contribution in [0.3, 0.4) is 0 Å². The highest BCUT2D eigenvalue weighted by molar-refractivity contribution is 6.63. The Morgan fingerprint density at radius 3 is 1.04 bits per heavy atom. The summed E-state index contributed by atoms with van der Waals surface area (Å²) in [6.45, 7) is 0. The van der Waals surface area contributed by atoms with E-state index in [4.69, 9.17) is 0 Å². The smallest absolute Gasteiger partial charge is 0.373 e. The first-order valence-corrected chi connectivity index (χ1v) is 6.89. The Bertz CT molecular complexity index is 394. The number of hydrogen-bond acceptors (Lipinski definition) is 3. The minimum Gasteiger partial charge on any atom is -0.373 e. The van der Waals surface area contributed by atoms with E-state index in [1.807, 2.05) is 0 Å². The van der Waals surface area contributed by atoms with Crippen LogP contribution in [-0.2, 0) is 13.3 Å². The van der Waals surface area contributed by atoms with Gasteiger partial charge >= 0.3 is 38.3 Å². The van der Waals surface area contributed by atoms with E-state index in [9.17, 15) is 48.3 Å². The van der Waals surface area contributed by atoms with Gasteiger partial charge in [-0.3, -0.25) is 0 Å². The summed E-state index contributed by atoms with van der Waals surface area (Å²) in [4.78, 5) is 0. The van der Waals surface area contributed by atoms with Crippen LogP contribution in [0.2, 0.25) is 0 Å². The summed E-state index contributed by atoms with van der Waals surface area (Å²) >= 11 is 0. The van der Waals surface area contributed by atoms with Crippen LogP contribution in [-0.4, -0.2) is 59.6 Å². The Morgan fingerprint density at radius 1 is 0.522 bits per heavy atom. The van der Waals surface area contributed by atoms with Gasteiger partial charge in [-0.05, 0) is 0 Å². The Morgan fingerprint density at radius 2 is 0.826 bits per heavy atom. The number of hydrogen-bond donors (Lipinski definition) is 0. The summed E-state index contributed by atoms with van der Waals surface area (Å²) in [5, 5.41) is 0. The molecule has 0 atom stereocenters. The molecule has 0 aliphatic rings. The first-order valence-electron chi connectivity index (χ1n) is 5.17. The predicted octanol–water partition coefficient (Wildman–Crippen LogP) is 3.51. The Labute approximate surface area is 122 Å². The lowest BCUT2D eigenvalue weighted by atomic mass is 10.0. The Balaban J connectivity index is 6.34. The number of halogens is 11. The monoisotopic (exact) mass is 390 g/mol. The zero-order valence-corrected chi connectivity index (χ0v) is 12.4. The second kappa shape index (κ2) is 6.00. The molecule has 0 bridgehead atoms. The van der Waals surface area contributed by atoms with Crippen LogP contribution in [0.15, 0.2) is 0 Å². The Kier molecular flexibility index (Phi) is 5.82. The van der Waals surface area contributed by atoms with Crippen molar-refractivity contribution in [2.24, 2.45) is 0 Å². The molecule has 0 saturated heterocycles. The second-order valence-electron chi connectivity index (χ2n) is 3.96. The van der Waals surface area contributed by atoms with Gasteiger partial charge in [-0.1, -0.05) is 0 Å². The highest BCUT2D eigenvalue weighted by Gasteiger charge is 2.92. The van der Waals surface area contributed by atoms with Gasteiger partial charge in [0.2, 0.25) is 0 Å². The van der Waals surface area contributed by atoms with Crippen molar-refractivity contribution in [3.8, 4) is 0 Å². The van der Waals surface area contributed by atoms with E-state index in [0.29, 0.717) is 0 Å². The van der Waals surface area contributed by atoms with Crippen LogP contribution in [0, 0.1) is 0 Å². The lowest BCUT2D eigenvalue weighted by molar-refractivity contribution is -0.417. The van der Waals surface area contributed by atoms with Crippen LogP contribution >= 0.6 is 0 Å². The maximum atomic E-state index is 13.7. The van der Waals surface area contributed by atoms with E-state index in [0.717, 1.165) is 0 Å². The first kappa shape index (κ1) is 22.3. The standard InChI is InChI=1S/C8H9F11O3Si/c1-20-23(21-2,22-3)8(18,19)6(13,14)4(9,10)5(11,12)7(15,16)17/h1-3H3. The molecule has 0 unspecified atom stereocenters. The third-order valence-corrected chi connectivity index (χ3v) is 5.43. The molecule has 0 aliphatic carbocycles. The summed E-state index contributed by atoms with van der Waals surface area (Å²) in [6.07, 6.45) is -7.23. The molecule has 0 aromatic heterocycles. The van der Waals surface area contributed by atoms with Gasteiger partial charge in [-0.25, -0.2) is 0 Å². The highest BCUT2D eigenvalue weighted by Crippen LogP contribution is 2.59. The topological polar surface area (TPSA) is 27.7 Å². The minimum atomic E-state index is -7.53. The third kappa shape index (κ3) is 2.80. The Hall–Kier alpha value is -0.673. The maximum Gasteiger partial charge on any atom is 0.581 e.